The molecule has 0 saturated carbocycles. The van der Waals surface area contributed by atoms with Crippen molar-refractivity contribution in [1.29, 1.82) is 0 Å². The summed E-state index contributed by atoms with van der Waals surface area (Å²) in [6, 6.07) is 3.06. The molecule has 0 spiro atoms. The average molecular weight is 563 g/mol. The Labute approximate surface area is 231 Å². The van der Waals surface area contributed by atoms with Gasteiger partial charge in [-0.2, -0.15) is 11.8 Å². The lowest BCUT2D eigenvalue weighted by Gasteiger charge is -2.27. The number of carbonyl (C=O) groups excluding carboxylic acids is 4. The molecular weight excluding hydrogens is 524 g/mol. The number of carboxylic acids is 1. The molecule has 4 atom stereocenters. The van der Waals surface area contributed by atoms with Crippen LogP contribution in [0.3, 0.4) is 0 Å². The highest BCUT2D eigenvalue weighted by atomic mass is 32.2. The molecule has 1 aromatic heterocycles. The average Bonchev–Trinajstić information content (AvgIpc) is 3.29. The molecule has 9 N–H and O–H groups in total. The summed E-state index contributed by atoms with van der Waals surface area (Å²) in [5.74, 6) is -3.54. The highest BCUT2D eigenvalue weighted by Crippen LogP contribution is 2.19. The first-order valence-electron chi connectivity index (χ1n) is 12.7. The predicted octanol–water partition coefficient (Wildman–Crippen LogP) is 0.251. The summed E-state index contributed by atoms with van der Waals surface area (Å²) in [7, 11) is 0. The summed E-state index contributed by atoms with van der Waals surface area (Å²) >= 11 is 1.55. The second-order valence-corrected chi connectivity index (χ2v) is 10.6. The van der Waals surface area contributed by atoms with E-state index in [2.05, 4.69) is 20.9 Å². The van der Waals surface area contributed by atoms with Gasteiger partial charge in [-0.15, -0.1) is 0 Å². The smallest absolute Gasteiger partial charge is 0.326 e. The molecule has 0 aliphatic heterocycles. The Balaban J connectivity index is 2.29. The van der Waals surface area contributed by atoms with Crippen molar-refractivity contribution in [3.8, 4) is 0 Å². The van der Waals surface area contributed by atoms with Crippen LogP contribution >= 0.6 is 11.8 Å². The SMILES string of the molecule is CSCCC(N)C(=O)NC(C(=O)NC(Cc1c[nH]c2ccccc12)C(=O)NC(CCC(N)=O)C(=O)O)C(C)C. The van der Waals surface area contributed by atoms with Gasteiger partial charge in [-0.25, -0.2) is 4.79 Å². The van der Waals surface area contributed by atoms with Gasteiger partial charge in [-0.1, -0.05) is 32.0 Å². The number of hydrogen-bond donors (Lipinski definition) is 7. The zero-order valence-electron chi connectivity index (χ0n) is 22.4. The minimum Gasteiger partial charge on any atom is -0.480 e. The number of benzene rings is 1. The number of fused-ring (bicyclic) bond motifs is 1. The van der Waals surface area contributed by atoms with Gasteiger partial charge in [-0.3, -0.25) is 19.2 Å². The van der Waals surface area contributed by atoms with Crippen LogP contribution in [0.5, 0.6) is 0 Å². The molecule has 2 rings (SSSR count). The first-order chi connectivity index (χ1) is 18.4. The standard InChI is InChI=1S/C26H38N6O6S/c1-14(2)22(32-23(34)17(27)10-11-39-3)25(36)31-20(12-15-13-29-18-7-5-4-6-16(15)18)24(35)30-19(26(37)38)8-9-21(28)33/h4-7,13-14,17,19-20,22,29H,8-12,27H2,1-3H3,(H2,28,33)(H,30,35)(H,31,36)(H,32,34)(H,37,38). The van der Waals surface area contributed by atoms with Gasteiger partial charge in [-0.05, 0) is 42.4 Å². The normalized spacial score (nSPS) is 14.3. The third-order valence-electron chi connectivity index (χ3n) is 6.24. The van der Waals surface area contributed by atoms with Crippen molar-refractivity contribution in [2.75, 3.05) is 12.0 Å². The van der Waals surface area contributed by atoms with Gasteiger partial charge >= 0.3 is 5.97 Å². The summed E-state index contributed by atoms with van der Waals surface area (Å²) < 4.78 is 0. The second-order valence-electron chi connectivity index (χ2n) is 9.65. The van der Waals surface area contributed by atoms with Gasteiger partial charge < -0.3 is 37.5 Å². The molecule has 0 saturated heterocycles. The first-order valence-corrected chi connectivity index (χ1v) is 14.1. The van der Waals surface area contributed by atoms with Gasteiger partial charge in [0.25, 0.3) is 0 Å². The number of para-hydroxylation sites is 1. The topological polar surface area (TPSA) is 209 Å². The van der Waals surface area contributed by atoms with Crippen LogP contribution in [0.15, 0.2) is 30.5 Å². The molecule has 0 fully saturated rings. The number of thioether (sulfide) groups is 1. The van der Waals surface area contributed by atoms with E-state index in [-0.39, 0.29) is 25.2 Å². The maximum absolute atomic E-state index is 13.4. The maximum Gasteiger partial charge on any atom is 0.326 e. The van der Waals surface area contributed by atoms with Crippen LogP contribution in [0.25, 0.3) is 10.9 Å². The fourth-order valence-corrected chi connectivity index (χ4v) is 4.47. The van der Waals surface area contributed by atoms with Crippen LogP contribution < -0.4 is 27.4 Å². The van der Waals surface area contributed by atoms with Crippen molar-refractivity contribution in [1.82, 2.24) is 20.9 Å². The van der Waals surface area contributed by atoms with Crippen LogP contribution in [0.1, 0.15) is 38.7 Å². The van der Waals surface area contributed by atoms with E-state index in [9.17, 15) is 29.1 Å². The van der Waals surface area contributed by atoms with E-state index in [0.717, 1.165) is 16.5 Å². The number of primary amides is 1. The fourth-order valence-electron chi connectivity index (χ4n) is 3.98. The molecule has 0 bridgehead atoms. The molecule has 12 nitrogen and oxygen atoms in total. The summed E-state index contributed by atoms with van der Waals surface area (Å²) in [6.45, 7) is 3.49. The summed E-state index contributed by atoms with van der Waals surface area (Å²) in [4.78, 5) is 65.3. The third-order valence-corrected chi connectivity index (χ3v) is 6.89. The molecule has 214 valence electrons. The number of rotatable bonds is 16. The molecule has 1 heterocycles. The van der Waals surface area contributed by atoms with Crippen molar-refractivity contribution in [2.24, 2.45) is 17.4 Å². The summed E-state index contributed by atoms with van der Waals surface area (Å²) in [6.07, 6.45) is 3.64. The third kappa shape index (κ3) is 9.59. The van der Waals surface area contributed by atoms with E-state index in [1.165, 1.54) is 0 Å². The van der Waals surface area contributed by atoms with Crippen molar-refractivity contribution >= 4 is 52.3 Å². The molecular formula is C26H38N6O6S. The molecule has 13 heteroatoms. The molecule has 0 aliphatic rings. The molecule has 0 aliphatic carbocycles. The van der Waals surface area contributed by atoms with E-state index in [0.29, 0.717) is 12.2 Å². The van der Waals surface area contributed by atoms with Crippen molar-refractivity contribution in [2.45, 2.75) is 63.7 Å². The fraction of sp³-hybridized carbons (Fsp3) is 0.500. The Morgan fingerprint density at radius 2 is 1.64 bits per heavy atom. The van der Waals surface area contributed by atoms with E-state index in [1.54, 1.807) is 31.8 Å². The van der Waals surface area contributed by atoms with Gasteiger partial charge in [0.2, 0.25) is 23.6 Å². The monoisotopic (exact) mass is 562 g/mol. The Bertz CT molecular complexity index is 1170. The second kappa shape index (κ2) is 15.1. The number of H-pyrrole nitrogens is 1. The maximum atomic E-state index is 13.4. The Hall–Kier alpha value is -3.58. The molecule has 4 amide bonds. The van der Waals surface area contributed by atoms with Crippen molar-refractivity contribution in [3.05, 3.63) is 36.0 Å². The molecule has 4 unspecified atom stereocenters. The van der Waals surface area contributed by atoms with Gasteiger partial charge in [0.15, 0.2) is 0 Å². The lowest BCUT2D eigenvalue weighted by Crippen LogP contribution is -2.59. The number of carboxylic acid groups (broad SMARTS) is 1. The van der Waals surface area contributed by atoms with Gasteiger partial charge in [0, 0.05) is 29.9 Å². The van der Waals surface area contributed by atoms with Crippen molar-refractivity contribution < 1.29 is 29.1 Å². The number of aromatic nitrogens is 1. The number of nitrogens with two attached hydrogens (primary N) is 2. The quantitative estimate of drug-likeness (QED) is 0.150. The molecule has 1 aromatic carbocycles. The van der Waals surface area contributed by atoms with Crippen LogP contribution in [0, 0.1) is 5.92 Å². The van der Waals surface area contributed by atoms with Crippen LogP contribution in [0.4, 0.5) is 0 Å². The zero-order valence-corrected chi connectivity index (χ0v) is 23.2. The minimum absolute atomic E-state index is 0.0374. The Kier molecular flexibility index (Phi) is 12.3. The van der Waals surface area contributed by atoms with Crippen LogP contribution in [-0.4, -0.2) is 75.9 Å². The summed E-state index contributed by atoms with van der Waals surface area (Å²) in [5.41, 5.74) is 12.7. The molecule has 0 radical (unpaired) electrons. The van der Waals surface area contributed by atoms with E-state index in [1.807, 2.05) is 30.5 Å². The van der Waals surface area contributed by atoms with E-state index < -0.39 is 53.8 Å². The Morgan fingerprint density at radius 1 is 0.974 bits per heavy atom. The number of nitrogens with one attached hydrogen (secondary N) is 4. The van der Waals surface area contributed by atoms with Gasteiger partial charge in [0.1, 0.15) is 18.1 Å². The number of aliphatic carboxylic acids is 1. The van der Waals surface area contributed by atoms with Gasteiger partial charge in [0.05, 0.1) is 6.04 Å². The minimum atomic E-state index is -1.39. The number of aromatic amines is 1. The van der Waals surface area contributed by atoms with Crippen LogP contribution in [0.2, 0.25) is 0 Å². The predicted molar refractivity (Wildman–Crippen MR) is 150 cm³/mol. The largest absolute Gasteiger partial charge is 0.480 e. The number of hydrogen-bond acceptors (Lipinski definition) is 7. The van der Waals surface area contributed by atoms with E-state index >= 15 is 0 Å². The lowest BCUT2D eigenvalue weighted by molar-refractivity contribution is -0.142. The highest BCUT2D eigenvalue weighted by Gasteiger charge is 2.32. The number of carbonyl (C=O) groups is 5. The summed E-state index contributed by atoms with van der Waals surface area (Å²) in [5, 5.41) is 18.2. The lowest BCUT2D eigenvalue weighted by atomic mass is 10.00. The van der Waals surface area contributed by atoms with Crippen molar-refractivity contribution in [3.63, 3.8) is 0 Å². The van der Waals surface area contributed by atoms with E-state index in [4.69, 9.17) is 11.5 Å². The highest BCUT2D eigenvalue weighted by molar-refractivity contribution is 7.98. The molecule has 39 heavy (non-hydrogen) atoms. The Morgan fingerprint density at radius 3 is 2.26 bits per heavy atom. The zero-order chi connectivity index (χ0) is 29.1. The van der Waals surface area contributed by atoms with Crippen LogP contribution in [-0.2, 0) is 30.4 Å². The first kappa shape index (κ1) is 31.6. The number of amides is 4. The molecule has 2 aromatic rings.